The van der Waals surface area contributed by atoms with Crippen LogP contribution >= 0.6 is 0 Å². The monoisotopic (exact) mass is 382 g/mol. The molecule has 5 amide bonds. The first-order valence-electron chi connectivity index (χ1n) is 8.24. The third-order valence-electron chi connectivity index (χ3n) is 4.58. The lowest BCUT2D eigenvalue weighted by Gasteiger charge is -2.41. The lowest BCUT2D eigenvalue weighted by molar-refractivity contribution is -0.137. The molecular formula is C17H17F3N4O3. The van der Waals surface area contributed by atoms with Crippen molar-refractivity contribution in [2.45, 2.75) is 19.5 Å². The zero-order valence-corrected chi connectivity index (χ0v) is 14.4. The smallest absolute Gasteiger partial charge is 0.351 e. The zero-order chi connectivity index (χ0) is 19.9. The van der Waals surface area contributed by atoms with Gasteiger partial charge in [0.05, 0.1) is 23.4 Å². The summed E-state index contributed by atoms with van der Waals surface area (Å²) in [5.41, 5.74) is 4.81. The highest BCUT2D eigenvalue weighted by molar-refractivity contribution is 6.09. The minimum absolute atomic E-state index is 0.0146. The summed E-state index contributed by atoms with van der Waals surface area (Å²) in [5, 5.41) is 0. The summed E-state index contributed by atoms with van der Waals surface area (Å²) < 4.78 is 39.2. The number of amides is 5. The van der Waals surface area contributed by atoms with Gasteiger partial charge >= 0.3 is 18.2 Å². The molecule has 1 aromatic rings. The van der Waals surface area contributed by atoms with Crippen molar-refractivity contribution in [1.82, 2.24) is 9.80 Å². The van der Waals surface area contributed by atoms with E-state index >= 15 is 0 Å². The lowest BCUT2D eigenvalue weighted by Crippen LogP contribution is -2.55. The van der Waals surface area contributed by atoms with Crippen molar-refractivity contribution < 1.29 is 27.6 Å². The van der Waals surface area contributed by atoms with Crippen molar-refractivity contribution in [2.75, 3.05) is 24.5 Å². The van der Waals surface area contributed by atoms with Crippen LogP contribution in [-0.4, -0.2) is 47.4 Å². The Balaban J connectivity index is 2.12. The van der Waals surface area contributed by atoms with Crippen LogP contribution in [0.5, 0.6) is 0 Å². The van der Waals surface area contributed by atoms with Crippen molar-refractivity contribution in [3.05, 3.63) is 41.1 Å². The number of alkyl halides is 3. The fraction of sp³-hybridized carbons (Fsp3) is 0.353. The Morgan fingerprint density at radius 1 is 1.26 bits per heavy atom. The first-order chi connectivity index (χ1) is 12.6. The van der Waals surface area contributed by atoms with Crippen LogP contribution in [0.3, 0.4) is 0 Å². The normalized spacial score (nSPS) is 18.1. The molecular weight excluding hydrogens is 365 g/mol. The number of rotatable bonds is 2. The minimum Gasteiger partial charge on any atom is -0.351 e. The maximum absolute atomic E-state index is 13.1. The molecule has 0 spiro atoms. The Labute approximate surface area is 152 Å². The van der Waals surface area contributed by atoms with E-state index in [1.807, 2.05) is 0 Å². The van der Waals surface area contributed by atoms with E-state index in [0.29, 0.717) is 5.70 Å². The van der Waals surface area contributed by atoms with Crippen LogP contribution in [0.4, 0.5) is 28.4 Å². The van der Waals surface area contributed by atoms with Gasteiger partial charge in [0.2, 0.25) is 0 Å². The van der Waals surface area contributed by atoms with Gasteiger partial charge in [0.1, 0.15) is 0 Å². The number of urea groups is 2. The summed E-state index contributed by atoms with van der Waals surface area (Å²) in [5.74, 6) is -0.633. The predicted molar refractivity (Wildman–Crippen MR) is 89.5 cm³/mol. The number of nitrogens with zero attached hydrogens (tertiary/aromatic N) is 3. The Hall–Kier alpha value is -3.04. The first-order valence-corrected chi connectivity index (χ1v) is 8.24. The number of carbonyl (C=O) groups is 3. The van der Waals surface area contributed by atoms with Gasteiger partial charge in [0, 0.05) is 25.2 Å². The highest BCUT2D eigenvalue weighted by Gasteiger charge is 2.41. The van der Waals surface area contributed by atoms with E-state index in [9.17, 15) is 27.6 Å². The van der Waals surface area contributed by atoms with E-state index in [-0.39, 0.29) is 37.3 Å². The van der Waals surface area contributed by atoms with Crippen LogP contribution in [0, 0.1) is 0 Å². The van der Waals surface area contributed by atoms with Gasteiger partial charge in [-0.05, 0) is 25.1 Å². The summed E-state index contributed by atoms with van der Waals surface area (Å²) in [6, 6.07) is 2.94. The number of carbonyl (C=O) groups excluding carboxylic acids is 3. The Kier molecular flexibility index (Phi) is 4.58. The quantitative estimate of drug-likeness (QED) is 0.853. The molecule has 3 rings (SSSR count). The summed E-state index contributed by atoms with van der Waals surface area (Å²) in [4.78, 5) is 40.2. The molecule has 1 aromatic carbocycles. The predicted octanol–water partition coefficient (Wildman–Crippen LogP) is 2.53. The number of imide groups is 1. The average Bonchev–Trinajstić information content (AvgIpc) is 2.60. The summed E-state index contributed by atoms with van der Waals surface area (Å²) in [6.07, 6.45) is -4.44. The SMILES string of the molecule is CCN1CC2=C(CCN(C(N)=O)C2=O)N(c2cccc(C(F)(F)F)c2)C1=O. The van der Waals surface area contributed by atoms with Crippen LogP contribution in [0.1, 0.15) is 18.9 Å². The molecule has 2 heterocycles. The van der Waals surface area contributed by atoms with Gasteiger partial charge in [-0.2, -0.15) is 13.2 Å². The van der Waals surface area contributed by atoms with E-state index in [1.165, 1.54) is 17.0 Å². The molecule has 2 N–H and O–H groups in total. The van der Waals surface area contributed by atoms with Crippen molar-refractivity contribution in [3.8, 4) is 0 Å². The molecule has 0 bridgehead atoms. The highest BCUT2D eigenvalue weighted by atomic mass is 19.4. The molecule has 2 aliphatic heterocycles. The van der Waals surface area contributed by atoms with E-state index in [2.05, 4.69) is 0 Å². The fourth-order valence-electron chi connectivity index (χ4n) is 3.22. The Morgan fingerprint density at radius 3 is 2.56 bits per heavy atom. The third-order valence-corrected chi connectivity index (χ3v) is 4.58. The standard InChI is InChI=1S/C17H17F3N4O3/c1-2-22-9-12-13(6-7-23(14(12)25)15(21)26)24(16(22)27)11-5-3-4-10(8-11)17(18,19)20/h3-5,8H,2,6-7,9H2,1H3,(H2,21,26). The molecule has 0 aliphatic carbocycles. The molecule has 0 atom stereocenters. The van der Waals surface area contributed by atoms with Gasteiger partial charge in [0.15, 0.2) is 0 Å². The second-order valence-corrected chi connectivity index (χ2v) is 6.15. The molecule has 10 heteroatoms. The molecule has 0 fully saturated rings. The molecule has 0 saturated heterocycles. The number of anilines is 1. The minimum atomic E-state index is -4.57. The topological polar surface area (TPSA) is 86.9 Å². The molecule has 144 valence electrons. The zero-order valence-electron chi connectivity index (χ0n) is 14.4. The van der Waals surface area contributed by atoms with Crippen LogP contribution < -0.4 is 10.6 Å². The van der Waals surface area contributed by atoms with Crippen molar-refractivity contribution in [2.24, 2.45) is 5.73 Å². The molecule has 2 aliphatic rings. The van der Waals surface area contributed by atoms with Gasteiger partial charge in [-0.3, -0.25) is 14.6 Å². The number of primary amides is 1. The van der Waals surface area contributed by atoms with Gasteiger partial charge in [-0.1, -0.05) is 6.07 Å². The van der Waals surface area contributed by atoms with E-state index in [1.54, 1.807) is 6.92 Å². The molecule has 0 unspecified atom stereocenters. The molecule has 27 heavy (non-hydrogen) atoms. The van der Waals surface area contributed by atoms with Crippen LogP contribution in [-0.2, 0) is 11.0 Å². The second-order valence-electron chi connectivity index (χ2n) is 6.15. The number of hydrogen-bond donors (Lipinski definition) is 1. The maximum Gasteiger partial charge on any atom is 0.416 e. The Morgan fingerprint density at radius 2 is 1.96 bits per heavy atom. The summed E-state index contributed by atoms with van der Waals surface area (Å²) in [6.45, 7) is 1.87. The summed E-state index contributed by atoms with van der Waals surface area (Å²) in [7, 11) is 0. The van der Waals surface area contributed by atoms with Gasteiger partial charge in [-0.25, -0.2) is 9.59 Å². The second kappa shape index (κ2) is 6.60. The van der Waals surface area contributed by atoms with E-state index < -0.39 is 29.7 Å². The fourth-order valence-corrected chi connectivity index (χ4v) is 3.22. The molecule has 0 radical (unpaired) electrons. The first kappa shape index (κ1) is 18.7. The molecule has 0 saturated carbocycles. The van der Waals surface area contributed by atoms with Gasteiger partial charge in [0.25, 0.3) is 5.91 Å². The molecule has 0 aromatic heterocycles. The van der Waals surface area contributed by atoms with Crippen LogP contribution in [0.15, 0.2) is 35.5 Å². The van der Waals surface area contributed by atoms with E-state index in [4.69, 9.17) is 5.73 Å². The summed E-state index contributed by atoms with van der Waals surface area (Å²) >= 11 is 0. The maximum atomic E-state index is 13.1. The van der Waals surface area contributed by atoms with Crippen LogP contribution in [0.25, 0.3) is 0 Å². The number of likely N-dealkylation sites (N-methyl/N-ethyl adjacent to an activating group) is 1. The molecule has 7 nitrogen and oxygen atoms in total. The van der Waals surface area contributed by atoms with Crippen LogP contribution in [0.2, 0.25) is 0 Å². The van der Waals surface area contributed by atoms with Crippen molar-refractivity contribution >= 4 is 23.7 Å². The van der Waals surface area contributed by atoms with Crippen molar-refractivity contribution in [1.29, 1.82) is 0 Å². The third kappa shape index (κ3) is 3.22. The lowest BCUT2D eigenvalue weighted by atomic mass is 10.00. The Bertz CT molecular complexity index is 850. The number of halogens is 3. The highest BCUT2D eigenvalue weighted by Crippen LogP contribution is 2.36. The van der Waals surface area contributed by atoms with Gasteiger partial charge < -0.3 is 10.6 Å². The number of benzene rings is 1. The van der Waals surface area contributed by atoms with Crippen molar-refractivity contribution in [3.63, 3.8) is 0 Å². The van der Waals surface area contributed by atoms with E-state index in [0.717, 1.165) is 21.9 Å². The van der Waals surface area contributed by atoms with Gasteiger partial charge in [-0.15, -0.1) is 0 Å². The number of nitrogens with two attached hydrogens (primary N) is 1. The largest absolute Gasteiger partial charge is 0.416 e. The number of hydrogen-bond acceptors (Lipinski definition) is 3. The average molecular weight is 382 g/mol.